The van der Waals surface area contributed by atoms with Crippen molar-refractivity contribution in [3.05, 3.63) is 81.2 Å². The first kappa shape index (κ1) is 40.8. The quantitative estimate of drug-likeness (QED) is 0.198. The summed E-state index contributed by atoms with van der Waals surface area (Å²) in [6.07, 6.45) is 3.78. The molecule has 0 radical (unpaired) electrons. The number of pyridine rings is 2. The van der Waals surface area contributed by atoms with Gasteiger partial charge in [-0.25, -0.2) is 4.98 Å². The monoisotopic (exact) mass is 837 g/mol. The Labute approximate surface area is 351 Å². The molecule has 0 saturated carbocycles. The SMILES string of the molecule is CNC(=O)COc1cc2cc(Nc3cc(N4CCN(C(C)(C)C5CCN(c6ccc7c(c6)C(=O)N(C6CCC(=O)NC6=O)C7=O)CC5)CC4)ncc3Cl)ccc2n(C)c1=O. The van der Waals surface area contributed by atoms with Gasteiger partial charge in [0.05, 0.1) is 33.6 Å². The Kier molecular flexibility index (Phi) is 11.0. The number of hydrogen-bond donors (Lipinski definition) is 3. The minimum absolute atomic E-state index is 0.0615. The van der Waals surface area contributed by atoms with Crippen LogP contribution in [0.3, 0.4) is 0 Å². The maximum Gasteiger partial charge on any atom is 0.293 e. The fraction of sp³-hybridized carbons (Fsp3) is 0.419. The Morgan fingerprint density at radius 3 is 2.35 bits per heavy atom. The molecule has 6 heterocycles. The van der Waals surface area contributed by atoms with Gasteiger partial charge in [-0.15, -0.1) is 0 Å². The van der Waals surface area contributed by atoms with Gasteiger partial charge >= 0.3 is 0 Å². The van der Waals surface area contributed by atoms with Crippen LogP contribution in [0.2, 0.25) is 5.02 Å². The van der Waals surface area contributed by atoms with Gasteiger partial charge in [-0.3, -0.25) is 43.9 Å². The van der Waals surface area contributed by atoms with Gasteiger partial charge in [-0.05, 0) is 81.5 Å². The van der Waals surface area contributed by atoms with Gasteiger partial charge in [0.1, 0.15) is 11.9 Å². The standard InChI is InChI=1S/C43H48ClN9O7/c1-43(2,26-11-13-50(14-12-26)28-6-7-29-30(21-28)41(58)53(40(29)57)34-9-10-37(54)48-39(34)56)52-17-15-51(16-18-52)36-22-32(31(44)23-46-36)47-27-5-8-33-25(19-27)20-35(42(59)49(33)4)60-24-38(55)45-3/h5-8,19-23,26,34H,9-18,24H2,1-4H3,(H,45,55)(H,46,47)(H,48,54,56). The smallest absolute Gasteiger partial charge is 0.293 e. The molecule has 2 aromatic carbocycles. The van der Waals surface area contributed by atoms with E-state index >= 15 is 0 Å². The number of carbonyl (C=O) groups excluding carboxylic acids is 5. The number of carbonyl (C=O) groups is 5. The van der Waals surface area contributed by atoms with E-state index in [-0.39, 0.29) is 47.8 Å². The number of hydrogen-bond acceptors (Lipinski definition) is 12. The summed E-state index contributed by atoms with van der Waals surface area (Å²) in [5, 5.41) is 9.37. The van der Waals surface area contributed by atoms with E-state index < -0.39 is 29.7 Å². The largest absolute Gasteiger partial charge is 0.478 e. The number of benzene rings is 2. The second-order valence-electron chi connectivity index (χ2n) is 16.3. The normalized spacial score (nSPS) is 19.1. The van der Waals surface area contributed by atoms with E-state index in [2.05, 4.69) is 49.5 Å². The fourth-order valence-electron chi connectivity index (χ4n) is 8.97. The van der Waals surface area contributed by atoms with Gasteiger partial charge in [0.2, 0.25) is 11.8 Å². The van der Waals surface area contributed by atoms with Crippen LogP contribution >= 0.6 is 11.6 Å². The number of piperidine rings is 2. The first-order chi connectivity index (χ1) is 28.7. The number of anilines is 4. The van der Waals surface area contributed by atoms with Crippen molar-refractivity contribution in [1.29, 1.82) is 0 Å². The predicted octanol–water partition coefficient (Wildman–Crippen LogP) is 3.67. The minimum Gasteiger partial charge on any atom is -0.478 e. The molecule has 314 valence electrons. The molecular weight excluding hydrogens is 790 g/mol. The second kappa shape index (κ2) is 16.2. The Hall–Kier alpha value is -6.00. The highest BCUT2D eigenvalue weighted by atomic mass is 35.5. The van der Waals surface area contributed by atoms with E-state index in [9.17, 15) is 28.8 Å². The zero-order valence-electron chi connectivity index (χ0n) is 34.0. The average molecular weight is 838 g/mol. The van der Waals surface area contributed by atoms with Crippen LogP contribution in [0, 0.1) is 5.92 Å². The summed E-state index contributed by atoms with van der Waals surface area (Å²) < 4.78 is 7.01. The maximum absolute atomic E-state index is 13.4. The van der Waals surface area contributed by atoms with Gasteiger partial charge in [-0.2, -0.15) is 0 Å². The van der Waals surface area contributed by atoms with Crippen LogP contribution in [-0.4, -0.2) is 113 Å². The lowest BCUT2D eigenvalue weighted by Gasteiger charge is -2.50. The van der Waals surface area contributed by atoms with Crippen molar-refractivity contribution in [3.63, 3.8) is 0 Å². The molecule has 8 rings (SSSR count). The van der Waals surface area contributed by atoms with E-state index in [0.717, 1.165) is 79.6 Å². The molecule has 3 N–H and O–H groups in total. The zero-order valence-corrected chi connectivity index (χ0v) is 34.8. The van der Waals surface area contributed by atoms with Crippen LogP contribution in [0.1, 0.15) is 60.2 Å². The van der Waals surface area contributed by atoms with Crippen LogP contribution in [0.25, 0.3) is 10.9 Å². The number of aromatic nitrogens is 2. The molecule has 17 heteroatoms. The molecule has 4 aliphatic heterocycles. The van der Waals surface area contributed by atoms with Crippen molar-refractivity contribution in [3.8, 4) is 5.75 Å². The number of ether oxygens (including phenoxy) is 1. The predicted molar refractivity (Wildman–Crippen MR) is 227 cm³/mol. The Balaban J connectivity index is 0.876. The summed E-state index contributed by atoms with van der Waals surface area (Å²) in [7, 11) is 3.17. The molecule has 1 atom stereocenters. The van der Waals surface area contributed by atoms with Crippen molar-refractivity contribution < 1.29 is 28.7 Å². The number of halogens is 1. The zero-order chi connectivity index (χ0) is 42.5. The number of likely N-dealkylation sites (N-methyl/N-ethyl adjacent to an activating group) is 1. The lowest BCUT2D eigenvalue weighted by atomic mass is 9.78. The minimum atomic E-state index is -0.988. The lowest BCUT2D eigenvalue weighted by molar-refractivity contribution is -0.136. The summed E-state index contributed by atoms with van der Waals surface area (Å²) in [6, 6.07) is 13.6. The number of rotatable bonds is 10. The summed E-state index contributed by atoms with van der Waals surface area (Å²) in [6.45, 7) is 9.29. The number of fused-ring (bicyclic) bond motifs is 2. The first-order valence-corrected chi connectivity index (χ1v) is 20.6. The summed E-state index contributed by atoms with van der Waals surface area (Å²) in [5.41, 5.74) is 3.22. The fourth-order valence-corrected chi connectivity index (χ4v) is 9.12. The van der Waals surface area contributed by atoms with Gasteiger partial charge in [0.25, 0.3) is 23.3 Å². The molecule has 0 bridgehead atoms. The van der Waals surface area contributed by atoms with Gasteiger partial charge in [-0.1, -0.05) is 11.6 Å². The summed E-state index contributed by atoms with van der Waals surface area (Å²) >= 11 is 6.65. The van der Waals surface area contributed by atoms with E-state index in [1.165, 1.54) is 11.6 Å². The van der Waals surface area contributed by atoms with E-state index in [1.54, 1.807) is 31.4 Å². The third kappa shape index (κ3) is 7.65. The number of imide groups is 2. The maximum atomic E-state index is 13.4. The molecule has 3 fully saturated rings. The number of amides is 5. The third-order valence-electron chi connectivity index (χ3n) is 12.6. The van der Waals surface area contributed by atoms with Gasteiger partial charge < -0.3 is 29.7 Å². The number of aryl methyl sites for hydroxylation is 1. The molecule has 0 spiro atoms. The summed E-state index contributed by atoms with van der Waals surface area (Å²) in [4.78, 5) is 88.2. The summed E-state index contributed by atoms with van der Waals surface area (Å²) in [5.74, 6) is -1.01. The van der Waals surface area contributed by atoms with Gasteiger partial charge in [0.15, 0.2) is 12.4 Å². The highest BCUT2D eigenvalue weighted by Crippen LogP contribution is 2.38. The highest BCUT2D eigenvalue weighted by molar-refractivity contribution is 6.33. The van der Waals surface area contributed by atoms with Crippen molar-refractivity contribution in [2.24, 2.45) is 13.0 Å². The lowest BCUT2D eigenvalue weighted by Crippen LogP contribution is -2.59. The van der Waals surface area contributed by atoms with E-state index in [1.807, 2.05) is 30.3 Å². The van der Waals surface area contributed by atoms with E-state index in [0.29, 0.717) is 27.7 Å². The number of piperazine rings is 1. The van der Waals surface area contributed by atoms with E-state index in [4.69, 9.17) is 16.3 Å². The number of nitrogens with zero attached hydrogens (tertiary/aromatic N) is 6. The number of nitrogens with one attached hydrogen (secondary N) is 3. The molecule has 4 aliphatic rings. The second-order valence-corrected chi connectivity index (χ2v) is 16.7. The van der Waals surface area contributed by atoms with Crippen LogP contribution in [-0.2, 0) is 21.4 Å². The topological polar surface area (TPSA) is 179 Å². The molecule has 2 aromatic heterocycles. The Morgan fingerprint density at radius 2 is 1.63 bits per heavy atom. The molecule has 4 aromatic rings. The molecule has 3 saturated heterocycles. The van der Waals surface area contributed by atoms with Crippen molar-refractivity contribution in [1.82, 2.24) is 30.0 Å². The first-order valence-electron chi connectivity index (χ1n) is 20.2. The van der Waals surface area contributed by atoms with Crippen molar-refractivity contribution >= 4 is 74.9 Å². The van der Waals surface area contributed by atoms with Crippen LogP contribution in [0.5, 0.6) is 5.75 Å². The van der Waals surface area contributed by atoms with Crippen LogP contribution in [0.4, 0.5) is 22.9 Å². The van der Waals surface area contributed by atoms with Gasteiger partial charge in [0, 0.05) is 88.2 Å². The highest BCUT2D eigenvalue weighted by Gasteiger charge is 2.45. The molecule has 5 amide bonds. The molecule has 60 heavy (non-hydrogen) atoms. The molecular formula is C43H48ClN9O7. The molecule has 16 nitrogen and oxygen atoms in total. The average Bonchev–Trinajstić information content (AvgIpc) is 3.49. The Morgan fingerprint density at radius 1 is 0.900 bits per heavy atom. The Bertz CT molecular complexity index is 2470. The molecule has 0 aliphatic carbocycles. The molecule has 1 unspecified atom stereocenters. The van der Waals surface area contributed by atoms with Crippen molar-refractivity contribution in [2.45, 2.75) is 51.1 Å². The van der Waals surface area contributed by atoms with Crippen molar-refractivity contribution in [2.75, 3.05) is 68.0 Å². The van der Waals surface area contributed by atoms with Crippen LogP contribution < -0.4 is 36.0 Å². The third-order valence-corrected chi connectivity index (χ3v) is 13.0. The van der Waals surface area contributed by atoms with Crippen LogP contribution in [0.15, 0.2) is 59.5 Å².